The van der Waals surface area contributed by atoms with E-state index in [-0.39, 0.29) is 30.4 Å². The van der Waals surface area contributed by atoms with Crippen LogP contribution in [0.25, 0.3) is 0 Å². The van der Waals surface area contributed by atoms with Crippen LogP contribution in [-0.2, 0) is 16.0 Å². The molecule has 45 heavy (non-hydrogen) atoms. The number of carbonyl (C=O) groups is 3. The zero-order chi connectivity index (χ0) is 31.6. The topological polar surface area (TPSA) is 114 Å². The van der Waals surface area contributed by atoms with Gasteiger partial charge in [0.2, 0.25) is 5.91 Å². The standard InChI is InChI=1S/C35H49N5O5/c1-2-38(35(44)36-28-13-7-4-8-14-28)25-32(41)31(21-26-11-5-3-6-12-26)37-34(43)27-22-29(39-17-19-45-20-18-39)24-30(23-27)40-16-10-9-15-33(40)42/h3,5-6,11-12,22-24,28,31-32,41H,2,4,7-10,13-21,25H2,1H3,(H,36,44)(H,37,43)/t31-,32-/m0/s1. The van der Waals surface area contributed by atoms with Crippen LogP contribution < -0.4 is 20.4 Å². The molecule has 0 aromatic heterocycles. The van der Waals surface area contributed by atoms with Crippen molar-refractivity contribution in [3.63, 3.8) is 0 Å². The van der Waals surface area contributed by atoms with E-state index in [0.717, 1.165) is 49.8 Å². The van der Waals surface area contributed by atoms with Gasteiger partial charge in [0.25, 0.3) is 5.91 Å². The Bertz CT molecular complexity index is 1280. The third kappa shape index (κ3) is 8.98. The number of rotatable bonds is 11. The van der Waals surface area contributed by atoms with Gasteiger partial charge in [-0.3, -0.25) is 9.59 Å². The molecule has 2 saturated heterocycles. The molecule has 3 N–H and O–H groups in total. The van der Waals surface area contributed by atoms with Crippen molar-refractivity contribution in [2.24, 2.45) is 0 Å². The number of likely N-dealkylation sites (N-methyl/N-ethyl adjacent to an activating group) is 1. The lowest BCUT2D eigenvalue weighted by atomic mass is 9.96. The molecule has 0 radical (unpaired) electrons. The number of nitrogens with one attached hydrogen (secondary N) is 2. The van der Waals surface area contributed by atoms with Crippen LogP contribution in [0.2, 0.25) is 0 Å². The fourth-order valence-corrected chi connectivity index (χ4v) is 6.59. The van der Waals surface area contributed by atoms with Crippen LogP contribution in [0.5, 0.6) is 0 Å². The lowest BCUT2D eigenvalue weighted by Gasteiger charge is -2.33. The Morgan fingerprint density at radius 2 is 1.71 bits per heavy atom. The molecule has 2 atom stereocenters. The van der Waals surface area contributed by atoms with Crippen molar-refractivity contribution in [1.29, 1.82) is 0 Å². The molecule has 2 aromatic carbocycles. The molecule has 2 aliphatic heterocycles. The number of piperidine rings is 1. The summed E-state index contributed by atoms with van der Waals surface area (Å²) < 4.78 is 5.55. The van der Waals surface area contributed by atoms with Gasteiger partial charge in [0.05, 0.1) is 31.9 Å². The Morgan fingerprint density at radius 1 is 0.978 bits per heavy atom. The molecule has 0 bridgehead atoms. The molecular weight excluding hydrogens is 570 g/mol. The van der Waals surface area contributed by atoms with Crippen molar-refractivity contribution < 1.29 is 24.2 Å². The van der Waals surface area contributed by atoms with Gasteiger partial charge in [0, 0.05) is 55.6 Å². The fourth-order valence-electron chi connectivity index (χ4n) is 6.59. The van der Waals surface area contributed by atoms with Gasteiger partial charge in [-0.1, -0.05) is 49.6 Å². The zero-order valence-corrected chi connectivity index (χ0v) is 26.6. The molecule has 0 spiro atoms. The molecule has 1 saturated carbocycles. The Kier molecular flexibility index (Phi) is 11.7. The van der Waals surface area contributed by atoms with E-state index in [2.05, 4.69) is 15.5 Å². The predicted octanol–water partition coefficient (Wildman–Crippen LogP) is 4.11. The number of hydrogen-bond acceptors (Lipinski definition) is 6. The van der Waals surface area contributed by atoms with Gasteiger partial charge in [-0.05, 0) is 62.8 Å². The van der Waals surface area contributed by atoms with Crippen LogP contribution in [0.3, 0.4) is 0 Å². The van der Waals surface area contributed by atoms with Crippen molar-refractivity contribution in [2.45, 2.75) is 82.9 Å². The molecule has 244 valence electrons. The van der Waals surface area contributed by atoms with Gasteiger partial charge in [-0.2, -0.15) is 0 Å². The monoisotopic (exact) mass is 619 g/mol. The van der Waals surface area contributed by atoms with E-state index in [1.54, 1.807) is 15.9 Å². The van der Waals surface area contributed by atoms with Crippen molar-refractivity contribution in [1.82, 2.24) is 15.5 Å². The van der Waals surface area contributed by atoms with Crippen LogP contribution in [-0.4, -0.2) is 92.0 Å². The number of aliphatic hydroxyl groups excluding tert-OH is 1. The summed E-state index contributed by atoms with van der Waals surface area (Å²) in [6.07, 6.45) is 7.08. The van der Waals surface area contributed by atoms with E-state index < -0.39 is 12.1 Å². The second kappa shape index (κ2) is 16.1. The van der Waals surface area contributed by atoms with Crippen molar-refractivity contribution in [2.75, 3.05) is 55.7 Å². The zero-order valence-electron chi connectivity index (χ0n) is 26.6. The second-order valence-corrected chi connectivity index (χ2v) is 12.5. The highest BCUT2D eigenvalue weighted by molar-refractivity contribution is 6.00. The van der Waals surface area contributed by atoms with Crippen molar-refractivity contribution in [3.05, 3.63) is 59.7 Å². The van der Waals surface area contributed by atoms with Gasteiger partial charge in [0.15, 0.2) is 0 Å². The quantitative estimate of drug-likeness (QED) is 0.349. The van der Waals surface area contributed by atoms with E-state index in [9.17, 15) is 19.5 Å². The summed E-state index contributed by atoms with van der Waals surface area (Å²) in [4.78, 5) is 45.6. The molecule has 10 nitrogen and oxygen atoms in total. The van der Waals surface area contributed by atoms with E-state index in [1.165, 1.54) is 6.42 Å². The van der Waals surface area contributed by atoms with E-state index in [1.807, 2.05) is 49.4 Å². The highest BCUT2D eigenvalue weighted by Crippen LogP contribution is 2.29. The first kappa shape index (κ1) is 32.8. The second-order valence-electron chi connectivity index (χ2n) is 12.5. The highest BCUT2D eigenvalue weighted by Gasteiger charge is 2.29. The van der Waals surface area contributed by atoms with E-state index >= 15 is 0 Å². The predicted molar refractivity (Wildman–Crippen MR) is 176 cm³/mol. The summed E-state index contributed by atoms with van der Waals surface area (Å²) in [5, 5.41) is 17.8. The largest absolute Gasteiger partial charge is 0.389 e. The lowest BCUT2D eigenvalue weighted by Crippen LogP contribution is -2.53. The summed E-state index contributed by atoms with van der Waals surface area (Å²) in [6, 6.07) is 14.7. The summed E-state index contributed by atoms with van der Waals surface area (Å²) in [6.45, 7) is 5.65. The molecule has 10 heteroatoms. The van der Waals surface area contributed by atoms with Crippen LogP contribution >= 0.6 is 0 Å². The highest BCUT2D eigenvalue weighted by atomic mass is 16.5. The number of anilines is 2. The lowest BCUT2D eigenvalue weighted by molar-refractivity contribution is -0.119. The minimum Gasteiger partial charge on any atom is -0.389 e. The van der Waals surface area contributed by atoms with E-state index in [0.29, 0.717) is 63.5 Å². The molecule has 3 fully saturated rings. The van der Waals surface area contributed by atoms with Gasteiger partial charge >= 0.3 is 6.03 Å². The molecule has 5 rings (SSSR count). The maximum Gasteiger partial charge on any atom is 0.317 e. The van der Waals surface area contributed by atoms with Gasteiger partial charge in [0.1, 0.15) is 0 Å². The summed E-state index contributed by atoms with van der Waals surface area (Å²) in [7, 11) is 0. The smallest absolute Gasteiger partial charge is 0.317 e. The Morgan fingerprint density at radius 3 is 2.42 bits per heavy atom. The number of morpholine rings is 1. The SMILES string of the molecule is CCN(C[C@H](O)[C@H](Cc1ccccc1)NC(=O)c1cc(N2CCOCC2)cc(N2CCCCC2=O)c1)C(=O)NC1CCCCC1. The van der Waals surface area contributed by atoms with Crippen molar-refractivity contribution >= 4 is 29.2 Å². The number of aliphatic hydroxyl groups is 1. The minimum absolute atomic E-state index is 0.0651. The van der Waals surface area contributed by atoms with Crippen LogP contribution in [0.15, 0.2) is 48.5 Å². The average molecular weight is 620 g/mol. The van der Waals surface area contributed by atoms with Crippen LogP contribution in [0.1, 0.15) is 74.2 Å². The first-order chi connectivity index (χ1) is 21.9. The Labute approximate surface area is 267 Å². The number of ether oxygens (including phenoxy) is 1. The molecule has 2 heterocycles. The number of hydrogen-bond donors (Lipinski definition) is 3. The van der Waals surface area contributed by atoms with Crippen molar-refractivity contribution in [3.8, 4) is 0 Å². The summed E-state index contributed by atoms with van der Waals surface area (Å²) in [5.41, 5.74) is 2.99. The van der Waals surface area contributed by atoms with Crippen LogP contribution in [0.4, 0.5) is 16.2 Å². The summed E-state index contributed by atoms with van der Waals surface area (Å²) in [5.74, 6) is -0.263. The van der Waals surface area contributed by atoms with Gasteiger partial charge in [-0.25, -0.2) is 4.79 Å². The maximum absolute atomic E-state index is 14.0. The number of benzene rings is 2. The number of carbonyl (C=O) groups excluding carboxylic acids is 3. The van der Waals surface area contributed by atoms with E-state index in [4.69, 9.17) is 4.74 Å². The molecule has 3 aliphatic rings. The molecule has 2 aromatic rings. The Hall–Kier alpha value is -3.63. The Balaban J connectivity index is 1.36. The minimum atomic E-state index is -1.00. The fraction of sp³-hybridized carbons (Fsp3) is 0.571. The third-order valence-electron chi connectivity index (χ3n) is 9.26. The molecular formula is C35H49N5O5. The third-order valence-corrected chi connectivity index (χ3v) is 9.26. The number of urea groups is 1. The first-order valence-electron chi connectivity index (χ1n) is 16.8. The average Bonchev–Trinajstić information content (AvgIpc) is 3.08. The molecule has 1 aliphatic carbocycles. The first-order valence-corrected chi connectivity index (χ1v) is 16.8. The molecule has 0 unspecified atom stereocenters. The molecule has 4 amide bonds. The normalized spacial score (nSPS) is 19.1. The summed E-state index contributed by atoms with van der Waals surface area (Å²) >= 11 is 0. The van der Waals surface area contributed by atoms with Crippen LogP contribution in [0, 0.1) is 0 Å². The number of amides is 4. The maximum atomic E-state index is 14.0. The number of nitrogens with zero attached hydrogens (tertiary/aromatic N) is 3. The van der Waals surface area contributed by atoms with Gasteiger partial charge < -0.3 is 35.2 Å². The van der Waals surface area contributed by atoms with Gasteiger partial charge in [-0.15, -0.1) is 0 Å².